The largest absolute Gasteiger partial charge is 0.431 e. The lowest BCUT2D eigenvalue weighted by atomic mass is 10.1. The topological polar surface area (TPSA) is 58.9 Å². The zero-order chi connectivity index (χ0) is 16.7. The van der Waals surface area contributed by atoms with Crippen molar-refractivity contribution in [2.45, 2.75) is 24.3 Å². The number of ketones is 1. The number of rotatable bonds is 4. The number of benzene rings is 2. The van der Waals surface area contributed by atoms with Gasteiger partial charge in [0.15, 0.2) is 11.4 Å². The van der Waals surface area contributed by atoms with Crippen molar-refractivity contribution in [1.82, 2.24) is 9.97 Å². The maximum Gasteiger partial charge on any atom is 0.257 e. The molecule has 0 saturated heterocycles. The molecule has 0 fully saturated rings. The van der Waals surface area contributed by atoms with Gasteiger partial charge in [-0.15, -0.1) is 0 Å². The van der Waals surface area contributed by atoms with Crippen molar-refractivity contribution in [3.63, 3.8) is 0 Å². The number of thioether (sulfide) groups is 1. The molecule has 0 amide bonds. The summed E-state index contributed by atoms with van der Waals surface area (Å²) in [4.78, 5) is 20.7. The summed E-state index contributed by atoms with van der Waals surface area (Å²) < 4.78 is 5.72. The summed E-state index contributed by atoms with van der Waals surface area (Å²) >= 11 is 1.35. The Morgan fingerprint density at radius 1 is 1.17 bits per heavy atom. The number of carbonyl (C=O) groups excluding carboxylic acids is 1. The van der Waals surface area contributed by atoms with Crippen LogP contribution in [0.1, 0.15) is 23.0 Å². The van der Waals surface area contributed by atoms with Gasteiger partial charge in [-0.3, -0.25) is 4.79 Å². The van der Waals surface area contributed by atoms with E-state index in [0.717, 1.165) is 33.3 Å². The smallest absolute Gasteiger partial charge is 0.257 e. The Balaban J connectivity index is 1.64. The second-order valence-electron chi connectivity index (χ2n) is 5.74. The minimum atomic E-state index is -0.282. The highest BCUT2D eigenvalue weighted by Crippen LogP contribution is 2.31. The molecule has 1 N–H and O–H groups in total. The van der Waals surface area contributed by atoms with Gasteiger partial charge >= 0.3 is 0 Å². The average Bonchev–Trinajstić information content (AvgIpc) is 3.13. The van der Waals surface area contributed by atoms with Crippen LogP contribution in [0, 0.1) is 6.92 Å². The summed E-state index contributed by atoms with van der Waals surface area (Å²) in [6.45, 7) is 3.83. The first kappa shape index (κ1) is 15.0. The Kier molecular flexibility index (Phi) is 3.65. The molecule has 4 nitrogen and oxygen atoms in total. The maximum atomic E-state index is 12.9. The molecule has 0 aliphatic carbocycles. The summed E-state index contributed by atoms with van der Waals surface area (Å²) in [7, 11) is 0. The number of Topliss-reactive ketones (excluding diaryl/α,β-unsaturated/α-hetero) is 1. The second kappa shape index (κ2) is 5.83. The van der Waals surface area contributed by atoms with Gasteiger partial charge in [0, 0.05) is 22.2 Å². The fourth-order valence-electron chi connectivity index (χ4n) is 2.90. The van der Waals surface area contributed by atoms with Crippen molar-refractivity contribution < 1.29 is 9.21 Å². The standard InChI is InChI=1S/C19H16N2O2S/c1-11-17(13-7-3-4-8-14(13)20-11)18(22)12(2)24-19-21-15-9-5-6-10-16(15)23-19/h3-10,12,20H,1-2H3. The van der Waals surface area contributed by atoms with Crippen molar-refractivity contribution >= 4 is 39.5 Å². The van der Waals surface area contributed by atoms with E-state index in [1.165, 1.54) is 11.8 Å². The SMILES string of the molecule is Cc1[nH]c2ccccc2c1C(=O)C(C)Sc1nc2ccccc2o1. The molecule has 0 aliphatic heterocycles. The van der Waals surface area contributed by atoms with Crippen LogP contribution < -0.4 is 0 Å². The molecule has 0 saturated carbocycles. The Labute approximate surface area is 143 Å². The van der Waals surface area contributed by atoms with Gasteiger partial charge in [-0.2, -0.15) is 0 Å². The van der Waals surface area contributed by atoms with Crippen molar-refractivity contribution in [2.75, 3.05) is 0 Å². The molecule has 120 valence electrons. The van der Waals surface area contributed by atoms with E-state index in [0.29, 0.717) is 5.22 Å². The predicted molar refractivity (Wildman–Crippen MR) is 96.7 cm³/mol. The zero-order valence-corrected chi connectivity index (χ0v) is 14.2. The summed E-state index contributed by atoms with van der Waals surface area (Å²) in [5.74, 6) is 0.0807. The predicted octanol–water partition coefficient (Wildman–Crippen LogP) is 4.98. The third kappa shape index (κ3) is 2.51. The number of nitrogens with zero attached hydrogens (tertiary/aromatic N) is 1. The van der Waals surface area contributed by atoms with Gasteiger partial charge in [-0.05, 0) is 32.0 Å². The average molecular weight is 336 g/mol. The van der Waals surface area contributed by atoms with E-state index in [-0.39, 0.29) is 11.0 Å². The van der Waals surface area contributed by atoms with Crippen LogP contribution >= 0.6 is 11.8 Å². The molecule has 2 heterocycles. The van der Waals surface area contributed by atoms with E-state index in [1.54, 1.807) is 0 Å². The van der Waals surface area contributed by atoms with Crippen LogP contribution in [0.25, 0.3) is 22.0 Å². The summed E-state index contributed by atoms with van der Waals surface area (Å²) in [6, 6.07) is 15.5. The highest BCUT2D eigenvalue weighted by Gasteiger charge is 2.24. The lowest BCUT2D eigenvalue weighted by Crippen LogP contribution is -2.14. The van der Waals surface area contributed by atoms with E-state index >= 15 is 0 Å². The number of nitrogens with one attached hydrogen (secondary N) is 1. The first-order valence-corrected chi connectivity index (χ1v) is 8.65. The third-order valence-corrected chi connectivity index (χ3v) is 5.00. The van der Waals surface area contributed by atoms with Gasteiger partial charge < -0.3 is 9.40 Å². The van der Waals surface area contributed by atoms with Crippen LogP contribution in [0.4, 0.5) is 0 Å². The molecule has 1 unspecified atom stereocenters. The quantitative estimate of drug-likeness (QED) is 0.422. The zero-order valence-electron chi connectivity index (χ0n) is 13.4. The second-order valence-corrected chi connectivity index (χ2v) is 7.03. The number of aromatic nitrogens is 2. The molecule has 4 aromatic rings. The molecule has 2 aromatic heterocycles. The van der Waals surface area contributed by atoms with Crippen molar-refractivity contribution in [3.8, 4) is 0 Å². The molecule has 4 rings (SSSR count). The minimum absolute atomic E-state index is 0.0807. The van der Waals surface area contributed by atoms with Crippen LogP contribution in [0.15, 0.2) is 58.2 Å². The highest BCUT2D eigenvalue weighted by molar-refractivity contribution is 8.00. The fourth-order valence-corrected chi connectivity index (χ4v) is 3.72. The number of carbonyl (C=O) groups is 1. The van der Waals surface area contributed by atoms with Crippen LogP contribution in [-0.4, -0.2) is 21.0 Å². The molecule has 5 heteroatoms. The van der Waals surface area contributed by atoms with Crippen molar-refractivity contribution in [2.24, 2.45) is 0 Å². The van der Waals surface area contributed by atoms with Crippen molar-refractivity contribution in [1.29, 1.82) is 0 Å². The fraction of sp³-hybridized carbons (Fsp3) is 0.158. The van der Waals surface area contributed by atoms with Crippen LogP contribution in [-0.2, 0) is 0 Å². The van der Waals surface area contributed by atoms with Crippen LogP contribution in [0.3, 0.4) is 0 Å². The van der Waals surface area contributed by atoms with Gasteiger partial charge in [-0.1, -0.05) is 42.1 Å². The van der Waals surface area contributed by atoms with E-state index in [1.807, 2.05) is 62.4 Å². The Morgan fingerprint density at radius 3 is 2.75 bits per heavy atom. The summed E-state index contributed by atoms with van der Waals surface area (Å²) in [5.41, 5.74) is 4.18. The molecule has 24 heavy (non-hydrogen) atoms. The number of hydrogen-bond acceptors (Lipinski definition) is 4. The van der Waals surface area contributed by atoms with Gasteiger partial charge in [-0.25, -0.2) is 4.98 Å². The number of para-hydroxylation sites is 3. The van der Waals surface area contributed by atoms with E-state index in [2.05, 4.69) is 9.97 Å². The number of aromatic amines is 1. The number of fused-ring (bicyclic) bond motifs is 2. The molecular formula is C19H16N2O2S. The first-order chi connectivity index (χ1) is 11.6. The van der Waals surface area contributed by atoms with E-state index in [9.17, 15) is 4.79 Å². The summed E-state index contributed by atoms with van der Waals surface area (Å²) in [6.07, 6.45) is 0. The van der Waals surface area contributed by atoms with Gasteiger partial charge in [0.2, 0.25) is 0 Å². The molecule has 2 aromatic carbocycles. The van der Waals surface area contributed by atoms with E-state index in [4.69, 9.17) is 4.42 Å². The Bertz CT molecular complexity index is 1010. The lowest BCUT2D eigenvalue weighted by Gasteiger charge is -2.08. The monoisotopic (exact) mass is 336 g/mol. The Hall–Kier alpha value is -2.53. The molecule has 0 radical (unpaired) electrons. The van der Waals surface area contributed by atoms with Gasteiger partial charge in [0.1, 0.15) is 5.52 Å². The third-order valence-electron chi connectivity index (χ3n) is 4.06. The van der Waals surface area contributed by atoms with E-state index < -0.39 is 0 Å². The van der Waals surface area contributed by atoms with Gasteiger partial charge in [0.05, 0.1) is 5.25 Å². The van der Waals surface area contributed by atoms with Crippen LogP contribution in [0.2, 0.25) is 0 Å². The molecular weight excluding hydrogens is 320 g/mol. The molecule has 1 atom stereocenters. The van der Waals surface area contributed by atoms with Gasteiger partial charge in [0.25, 0.3) is 5.22 Å². The first-order valence-electron chi connectivity index (χ1n) is 7.77. The minimum Gasteiger partial charge on any atom is -0.431 e. The Morgan fingerprint density at radius 2 is 1.92 bits per heavy atom. The van der Waals surface area contributed by atoms with Crippen LogP contribution in [0.5, 0.6) is 0 Å². The highest BCUT2D eigenvalue weighted by atomic mass is 32.2. The number of aryl methyl sites for hydroxylation is 1. The number of oxazole rings is 1. The number of hydrogen-bond donors (Lipinski definition) is 1. The summed E-state index contributed by atoms with van der Waals surface area (Å²) in [5, 5.41) is 1.20. The normalized spacial score (nSPS) is 12.8. The molecule has 0 bridgehead atoms. The maximum absolute atomic E-state index is 12.9. The lowest BCUT2D eigenvalue weighted by molar-refractivity contribution is 0.0994. The number of H-pyrrole nitrogens is 1. The molecule has 0 spiro atoms. The molecule has 0 aliphatic rings. The van der Waals surface area contributed by atoms with Crippen molar-refractivity contribution in [3.05, 3.63) is 59.8 Å².